The number of rotatable bonds is 6. The van der Waals surface area contributed by atoms with Crippen molar-refractivity contribution < 1.29 is 0 Å². The zero-order valence-corrected chi connectivity index (χ0v) is 13.5. The highest BCUT2D eigenvalue weighted by molar-refractivity contribution is 6.33. The molecule has 0 aliphatic carbocycles. The van der Waals surface area contributed by atoms with Crippen molar-refractivity contribution >= 4 is 23.2 Å². The Morgan fingerprint density at radius 2 is 2.05 bits per heavy atom. The van der Waals surface area contributed by atoms with E-state index in [0.29, 0.717) is 16.6 Å². The van der Waals surface area contributed by atoms with Crippen molar-refractivity contribution in [2.75, 3.05) is 20.1 Å². The van der Waals surface area contributed by atoms with E-state index in [4.69, 9.17) is 28.9 Å². The van der Waals surface area contributed by atoms with Crippen molar-refractivity contribution in [3.63, 3.8) is 0 Å². The van der Waals surface area contributed by atoms with Gasteiger partial charge in [0.1, 0.15) is 0 Å². The lowest BCUT2D eigenvalue weighted by atomic mass is 10.1. The highest BCUT2D eigenvalue weighted by atomic mass is 35.5. The molecule has 0 saturated heterocycles. The molecule has 2 N–H and O–H groups in total. The number of aromatic nitrogens is 1. The molecule has 21 heavy (non-hydrogen) atoms. The van der Waals surface area contributed by atoms with Crippen LogP contribution in [0.15, 0.2) is 42.6 Å². The molecule has 112 valence electrons. The van der Waals surface area contributed by atoms with Crippen LogP contribution in [0, 0.1) is 0 Å². The smallest absolute Gasteiger partial charge is 0.0482 e. The minimum Gasteiger partial charge on any atom is -0.329 e. The van der Waals surface area contributed by atoms with Gasteiger partial charge in [-0.25, -0.2) is 0 Å². The molecule has 3 nitrogen and oxygen atoms in total. The van der Waals surface area contributed by atoms with Crippen molar-refractivity contribution in [1.82, 2.24) is 9.88 Å². The first-order valence-electron chi connectivity index (χ1n) is 6.87. The van der Waals surface area contributed by atoms with Crippen LogP contribution in [0.1, 0.15) is 17.3 Å². The molecule has 1 unspecified atom stereocenters. The second-order valence-corrected chi connectivity index (χ2v) is 5.81. The lowest BCUT2D eigenvalue weighted by Crippen LogP contribution is -2.32. The summed E-state index contributed by atoms with van der Waals surface area (Å²) in [6.07, 6.45) is 2.68. The van der Waals surface area contributed by atoms with Crippen LogP contribution < -0.4 is 5.73 Å². The van der Waals surface area contributed by atoms with Gasteiger partial charge in [0.05, 0.1) is 0 Å². The predicted molar refractivity (Wildman–Crippen MR) is 88.8 cm³/mol. The number of benzene rings is 1. The Balaban J connectivity index is 2.08. The molecule has 2 aromatic rings. The fourth-order valence-corrected chi connectivity index (χ4v) is 2.73. The van der Waals surface area contributed by atoms with Gasteiger partial charge < -0.3 is 5.73 Å². The first-order valence-corrected chi connectivity index (χ1v) is 7.62. The Kier molecular flexibility index (Phi) is 6.00. The molecule has 0 radical (unpaired) electrons. The van der Waals surface area contributed by atoms with Gasteiger partial charge in [0.2, 0.25) is 0 Å². The van der Waals surface area contributed by atoms with Crippen LogP contribution in [-0.2, 0) is 6.42 Å². The maximum atomic E-state index is 6.28. The van der Waals surface area contributed by atoms with Gasteiger partial charge in [0, 0.05) is 47.5 Å². The van der Waals surface area contributed by atoms with Crippen LogP contribution in [0.3, 0.4) is 0 Å². The van der Waals surface area contributed by atoms with E-state index in [1.165, 1.54) is 0 Å². The van der Waals surface area contributed by atoms with E-state index < -0.39 is 0 Å². The second-order valence-electron chi connectivity index (χ2n) is 4.97. The van der Waals surface area contributed by atoms with Crippen LogP contribution in [0.2, 0.25) is 10.0 Å². The van der Waals surface area contributed by atoms with Gasteiger partial charge in [-0.1, -0.05) is 29.3 Å². The van der Waals surface area contributed by atoms with Gasteiger partial charge in [0.15, 0.2) is 0 Å². The van der Waals surface area contributed by atoms with Gasteiger partial charge in [-0.05, 0) is 42.9 Å². The normalized spacial score (nSPS) is 12.6. The molecule has 1 aromatic heterocycles. The third-order valence-electron chi connectivity index (χ3n) is 3.52. The summed E-state index contributed by atoms with van der Waals surface area (Å²) in [6.45, 7) is 1.33. The van der Waals surface area contributed by atoms with Crippen LogP contribution in [0.5, 0.6) is 0 Å². The number of likely N-dealkylation sites (N-methyl/N-ethyl adjacent to an activating group) is 1. The Morgan fingerprint density at radius 3 is 2.71 bits per heavy atom. The SMILES string of the molecule is CN(CCc1ccccn1)C(CN)c1cc(Cl)ccc1Cl. The van der Waals surface area contributed by atoms with Crippen LogP contribution >= 0.6 is 23.2 Å². The number of nitrogens with two attached hydrogens (primary N) is 1. The average molecular weight is 324 g/mol. The molecular formula is C16H19Cl2N3. The van der Waals surface area contributed by atoms with Crippen molar-refractivity contribution in [3.8, 4) is 0 Å². The lowest BCUT2D eigenvalue weighted by Gasteiger charge is -2.28. The van der Waals surface area contributed by atoms with E-state index in [-0.39, 0.29) is 6.04 Å². The molecule has 1 atom stereocenters. The predicted octanol–water partition coefficient (Wildman–Crippen LogP) is 3.56. The van der Waals surface area contributed by atoms with Gasteiger partial charge >= 0.3 is 0 Å². The zero-order valence-electron chi connectivity index (χ0n) is 12.0. The summed E-state index contributed by atoms with van der Waals surface area (Å²) in [5, 5.41) is 1.37. The van der Waals surface area contributed by atoms with Crippen LogP contribution in [0.4, 0.5) is 0 Å². The maximum absolute atomic E-state index is 6.28. The molecular weight excluding hydrogens is 305 g/mol. The summed E-state index contributed by atoms with van der Waals surface area (Å²) in [4.78, 5) is 6.52. The number of nitrogens with zero attached hydrogens (tertiary/aromatic N) is 2. The molecule has 0 bridgehead atoms. The largest absolute Gasteiger partial charge is 0.329 e. The third-order valence-corrected chi connectivity index (χ3v) is 4.10. The van der Waals surface area contributed by atoms with E-state index in [1.54, 1.807) is 6.07 Å². The van der Waals surface area contributed by atoms with Crippen LogP contribution in [-0.4, -0.2) is 30.0 Å². The number of hydrogen-bond acceptors (Lipinski definition) is 3. The molecule has 0 aliphatic heterocycles. The summed E-state index contributed by atoms with van der Waals surface area (Å²) < 4.78 is 0. The zero-order chi connectivity index (χ0) is 15.2. The summed E-state index contributed by atoms with van der Waals surface area (Å²) in [5.74, 6) is 0. The monoisotopic (exact) mass is 323 g/mol. The molecule has 0 fully saturated rings. The minimum atomic E-state index is 0.0416. The van der Waals surface area contributed by atoms with E-state index in [0.717, 1.165) is 24.2 Å². The minimum absolute atomic E-state index is 0.0416. The van der Waals surface area contributed by atoms with E-state index in [2.05, 4.69) is 9.88 Å². The summed E-state index contributed by atoms with van der Waals surface area (Å²) >= 11 is 12.3. The highest BCUT2D eigenvalue weighted by Crippen LogP contribution is 2.29. The fraction of sp³-hybridized carbons (Fsp3) is 0.312. The number of hydrogen-bond donors (Lipinski definition) is 1. The molecule has 5 heteroatoms. The molecule has 0 amide bonds. The third kappa shape index (κ3) is 4.42. The first-order chi connectivity index (χ1) is 10.1. The topological polar surface area (TPSA) is 42.2 Å². The fourth-order valence-electron chi connectivity index (χ4n) is 2.31. The quantitative estimate of drug-likeness (QED) is 0.883. The Bertz CT molecular complexity index is 575. The Hall–Kier alpha value is -1.13. The Labute approximate surface area is 135 Å². The molecule has 2 rings (SSSR count). The van der Waals surface area contributed by atoms with Crippen molar-refractivity contribution in [3.05, 3.63) is 63.9 Å². The van der Waals surface area contributed by atoms with Crippen molar-refractivity contribution in [2.45, 2.75) is 12.5 Å². The maximum Gasteiger partial charge on any atom is 0.0482 e. The molecule has 0 spiro atoms. The summed E-state index contributed by atoms with van der Waals surface area (Å²) in [5.41, 5.74) is 7.97. The first kappa shape index (κ1) is 16.2. The highest BCUT2D eigenvalue weighted by Gasteiger charge is 2.18. The van der Waals surface area contributed by atoms with Gasteiger partial charge in [0.25, 0.3) is 0 Å². The van der Waals surface area contributed by atoms with Crippen molar-refractivity contribution in [2.24, 2.45) is 5.73 Å². The summed E-state index contributed by atoms with van der Waals surface area (Å²) in [7, 11) is 2.04. The van der Waals surface area contributed by atoms with E-state index >= 15 is 0 Å². The number of pyridine rings is 1. The second kappa shape index (κ2) is 7.76. The molecule has 0 aliphatic rings. The number of halogens is 2. The van der Waals surface area contributed by atoms with Gasteiger partial charge in [-0.2, -0.15) is 0 Å². The summed E-state index contributed by atoms with van der Waals surface area (Å²) in [6, 6.07) is 11.5. The Morgan fingerprint density at radius 1 is 1.24 bits per heavy atom. The van der Waals surface area contributed by atoms with Crippen LogP contribution in [0.25, 0.3) is 0 Å². The molecule has 0 saturated carbocycles. The average Bonchev–Trinajstić information content (AvgIpc) is 2.50. The molecule has 1 heterocycles. The molecule has 1 aromatic carbocycles. The van der Waals surface area contributed by atoms with Gasteiger partial charge in [-0.15, -0.1) is 0 Å². The van der Waals surface area contributed by atoms with E-state index in [1.807, 2.05) is 43.6 Å². The standard InChI is InChI=1S/C16H19Cl2N3/c1-21(9-7-13-4-2-3-8-20-13)16(11-19)14-10-12(17)5-6-15(14)18/h2-6,8,10,16H,7,9,11,19H2,1H3. The van der Waals surface area contributed by atoms with E-state index in [9.17, 15) is 0 Å². The van der Waals surface area contributed by atoms with Crippen molar-refractivity contribution in [1.29, 1.82) is 0 Å². The lowest BCUT2D eigenvalue weighted by molar-refractivity contribution is 0.252. The van der Waals surface area contributed by atoms with Gasteiger partial charge in [-0.3, -0.25) is 9.88 Å².